The average molecular weight is 305 g/mol. The highest BCUT2D eigenvalue weighted by atomic mass is 19.1. The van der Waals surface area contributed by atoms with E-state index in [0.717, 1.165) is 57.7 Å². The van der Waals surface area contributed by atoms with Crippen molar-refractivity contribution in [2.24, 2.45) is 0 Å². The van der Waals surface area contributed by atoms with Crippen molar-refractivity contribution in [3.8, 4) is 11.8 Å². The summed E-state index contributed by atoms with van der Waals surface area (Å²) >= 11 is 0. The summed E-state index contributed by atoms with van der Waals surface area (Å²) in [6.07, 6.45) is 2.74. The van der Waals surface area contributed by atoms with Crippen molar-refractivity contribution < 1.29 is 9.13 Å². The maximum absolute atomic E-state index is 13.7. The Morgan fingerprint density at radius 3 is 2.55 bits per heavy atom. The highest BCUT2D eigenvalue weighted by molar-refractivity contribution is 5.29. The predicted octanol–water partition coefficient (Wildman–Crippen LogP) is 2.65. The first kappa shape index (κ1) is 16.7. The molecule has 0 aliphatic carbocycles. The number of piperazine rings is 1. The molecular weight excluding hydrogens is 281 g/mol. The van der Waals surface area contributed by atoms with Gasteiger partial charge in [-0.05, 0) is 37.1 Å². The van der Waals surface area contributed by atoms with E-state index < -0.39 is 0 Å². The Morgan fingerprint density at radius 2 is 1.91 bits per heavy atom. The maximum atomic E-state index is 13.7. The Balaban J connectivity index is 1.73. The van der Waals surface area contributed by atoms with Crippen LogP contribution >= 0.6 is 0 Å². The summed E-state index contributed by atoms with van der Waals surface area (Å²) in [7, 11) is 1.48. The minimum Gasteiger partial charge on any atom is -0.494 e. The van der Waals surface area contributed by atoms with E-state index in [0.29, 0.717) is 12.2 Å². The number of halogens is 1. The summed E-state index contributed by atoms with van der Waals surface area (Å²) in [5, 5.41) is 8.53. The molecule has 0 radical (unpaired) electrons. The van der Waals surface area contributed by atoms with Crippen LogP contribution in [0.5, 0.6) is 5.75 Å². The molecule has 4 nitrogen and oxygen atoms in total. The van der Waals surface area contributed by atoms with Gasteiger partial charge in [0.15, 0.2) is 11.6 Å². The van der Waals surface area contributed by atoms with Gasteiger partial charge in [-0.25, -0.2) is 4.39 Å². The van der Waals surface area contributed by atoms with Crippen LogP contribution in [0.2, 0.25) is 0 Å². The molecule has 0 unspecified atom stereocenters. The van der Waals surface area contributed by atoms with E-state index in [-0.39, 0.29) is 5.82 Å². The molecule has 22 heavy (non-hydrogen) atoms. The first-order chi connectivity index (χ1) is 10.7. The summed E-state index contributed by atoms with van der Waals surface area (Å²) in [6, 6.07) is 7.37. The molecule has 120 valence electrons. The van der Waals surface area contributed by atoms with Gasteiger partial charge in [-0.2, -0.15) is 5.26 Å². The fraction of sp³-hybridized carbons (Fsp3) is 0.588. The van der Waals surface area contributed by atoms with Gasteiger partial charge in [-0.15, -0.1) is 0 Å². The van der Waals surface area contributed by atoms with E-state index >= 15 is 0 Å². The summed E-state index contributed by atoms with van der Waals surface area (Å²) in [5.41, 5.74) is 0.987. The van der Waals surface area contributed by atoms with Gasteiger partial charge in [0.25, 0.3) is 0 Å². The second-order valence-corrected chi connectivity index (χ2v) is 5.70. The molecule has 0 atom stereocenters. The van der Waals surface area contributed by atoms with E-state index in [9.17, 15) is 4.39 Å². The number of benzene rings is 1. The molecule has 2 rings (SSSR count). The fourth-order valence-electron chi connectivity index (χ4n) is 2.78. The molecule has 1 fully saturated rings. The molecule has 1 aromatic carbocycles. The van der Waals surface area contributed by atoms with Crippen LogP contribution in [0.15, 0.2) is 18.2 Å². The molecule has 0 amide bonds. The van der Waals surface area contributed by atoms with E-state index in [1.807, 2.05) is 6.07 Å². The smallest absolute Gasteiger partial charge is 0.165 e. The lowest BCUT2D eigenvalue weighted by molar-refractivity contribution is 0.125. The van der Waals surface area contributed by atoms with Gasteiger partial charge in [0.05, 0.1) is 13.2 Å². The number of ether oxygens (including phenoxy) is 1. The first-order valence-corrected chi connectivity index (χ1v) is 7.87. The Hall–Kier alpha value is -1.64. The first-order valence-electron chi connectivity index (χ1n) is 7.87. The Kier molecular flexibility index (Phi) is 6.63. The zero-order valence-electron chi connectivity index (χ0n) is 13.2. The Morgan fingerprint density at radius 1 is 1.18 bits per heavy atom. The number of nitrogens with zero attached hydrogens (tertiary/aromatic N) is 3. The molecule has 0 bridgehead atoms. The summed E-state index contributed by atoms with van der Waals surface area (Å²) in [5.74, 6) is 0.00191. The van der Waals surface area contributed by atoms with Crippen LogP contribution in [0.25, 0.3) is 0 Å². The minimum atomic E-state index is -0.295. The van der Waals surface area contributed by atoms with E-state index in [4.69, 9.17) is 10.00 Å². The van der Waals surface area contributed by atoms with Crippen LogP contribution in [0, 0.1) is 17.1 Å². The van der Waals surface area contributed by atoms with Crippen molar-refractivity contribution >= 4 is 0 Å². The maximum Gasteiger partial charge on any atom is 0.165 e. The van der Waals surface area contributed by atoms with E-state index in [2.05, 4.69) is 15.9 Å². The molecule has 0 spiro atoms. The summed E-state index contributed by atoms with van der Waals surface area (Å²) in [4.78, 5) is 4.80. The SMILES string of the molecule is COc1ccc(CN2CCN(CCCCC#N)CC2)cc1F. The van der Waals surface area contributed by atoms with Crippen molar-refractivity contribution in [1.82, 2.24) is 9.80 Å². The van der Waals surface area contributed by atoms with Gasteiger partial charge in [-0.1, -0.05) is 6.07 Å². The normalized spacial score (nSPS) is 16.4. The van der Waals surface area contributed by atoms with Gasteiger partial charge in [0, 0.05) is 39.1 Å². The van der Waals surface area contributed by atoms with Crippen molar-refractivity contribution in [3.63, 3.8) is 0 Å². The number of rotatable bonds is 7. The third kappa shape index (κ3) is 4.97. The standard InChI is InChI=1S/C17H24FN3O/c1-22-17-6-5-15(13-16(17)18)14-21-11-9-20(10-12-21)8-4-2-3-7-19/h5-6,13H,2-4,8-12,14H2,1H3. The summed E-state index contributed by atoms with van der Waals surface area (Å²) < 4.78 is 18.6. The monoisotopic (exact) mass is 305 g/mol. The lowest BCUT2D eigenvalue weighted by Gasteiger charge is -2.34. The number of hydrogen-bond donors (Lipinski definition) is 0. The molecule has 5 heteroatoms. The number of hydrogen-bond acceptors (Lipinski definition) is 4. The van der Waals surface area contributed by atoms with Crippen LogP contribution in [0.4, 0.5) is 4.39 Å². The molecule has 1 aliphatic rings. The second-order valence-electron chi connectivity index (χ2n) is 5.70. The van der Waals surface area contributed by atoms with Gasteiger partial charge >= 0.3 is 0 Å². The van der Waals surface area contributed by atoms with Crippen molar-refractivity contribution in [2.45, 2.75) is 25.8 Å². The van der Waals surface area contributed by atoms with Crippen LogP contribution in [-0.2, 0) is 6.54 Å². The van der Waals surface area contributed by atoms with Crippen molar-refractivity contribution in [1.29, 1.82) is 5.26 Å². The third-order valence-electron chi connectivity index (χ3n) is 4.10. The fourth-order valence-corrected chi connectivity index (χ4v) is 2.78. The van der Waals surface area contributed by atoms with E-state index in [1.54, 1.807) is 12.1 Å². The van der Waals surface area contributed by atoms with Crippen molar-refractivity contribution in [2.75, 3.05) is 39.8 Å². The Labute approximate surface area is 132 Å². The molecule has 1 aliphatic heterocycles. The number of unbranched alkanes of at least 4 members (excludes halogenated alkanes) is 2. The van der Waals surface area contributed by atoms with Crippen LogP contribution in [0.3, 0.4) is 0 Å². The second kappa shape index (κ2) is 8.72. The number of nitriles is 1. The lowest BCUT2D eigenvalue weighted by Crippen LogP contribution is -2.46. The predicted molar refractivity (Wildman–Crippen MR) is 84.1 cm³/mol. The molecular formula is C17H24FN3O. The lowest BCUT2D eigenvalue weighted by atomic mass is 10.1. The summed E-state index contributed by atoms with van der Waals surface area (Å²) in [6.45, 7) is 5.96. The Bertz CT molecular complexity index is 507. The molecule has 0 aromatic heterocycles. The van der Waals surface area contributed by atoms with Crippen LogP contribution in [0.1, 0.15) is 24.8 Å². The van der Waals surface area contributed by atoms with Gasteiger partial charge < -0.3 is 9.64 Å². The van der Waals surface area contributed by atoms with E-state index in [1.165, 1.54) is 7.11 Å². The van der Waals surface area contributed by atoms with Gasteiger partial charge in [-0.3, -0.25) is 4.90 Å². The molecule has 1 saturated heterocycles. The van der Waals surface area contributed by atoms with Crippen LogP contribution in [-0.4, -0.2) is 49.6 Å². The largest absolute Gasteiger partial charge is 0.494 e. The average Bonchev–Trinajstić information content (AvgIpc) is 2.53. The van der Waals surface area contributed by atoms with Gasteiger partial charge in [0.2, 0.25) is 0 Å². The topological polar surface area (TPSA) is 39.5 Å². The molecule has 1 aromatic rings. The molecule has 1 heterocycles. The molecule has 0 N–H and O–H groups in total. The zero-order valence-corrected chi connectivity index (χ0v) is 13.2. The highest BCUT2D eigenvalue weighted by Crippen LogP contribution is 2.19. The van der Waals surface area contributed by atoms with Gasteiger partial charge in [0.1, 0.15) is 0 Å². The van der Waals surface area contributed by atoms with Crippen LogP contribution < -0.4 is 4.74 Å². The number of methoxy groups -OCH3 is 1. The zero-order chi connectivity index (χ0) is 15.8. The quantitative estimate of drug-likeness (QED) is 0.726. The third-order valence-corrected chi connectivity index (χ3v) is 4.10. The highest BCUT2D eigenvalue weighted by Gasteiger charge is 2.17. The molecule has 0 saturated carbocycles. The minimum absolute atomic E-state index is 0.295. The van der Waals surface area contributed by atoms with Crippen molar-refractivity contribution in [3.05, 3.63) is 29.6 Å².